The van der Waals surface area contributed by atoms with E-state index in [9.17, 15) is 0 Å². The predicted molar refractivity (Wildman–Crippen MR) is 172 cm³/mol. The van der Waals surface area contributed by atoms with Crippen molar-refractivity contribution in [2.45, 2.75) is 6.23 Å². The summed E-state index contributed by atoms with van der Waals surface area (Å²) in [4.78, 5) is 12.4. The summed E-state index contributed by atoms with van der Waals surface area (Å²) in [5.74, 6) is 0.933. The Morgan fingerprint density at radius 1 is 0.548 bits per heavy atom. The number of rotatable bonds is 4. The summed E-state index contributed by atoms with van der Waals surface area (Å²) in [6.45, 7) is 0. The van der Waals surface area contributed by atoms with Crippen molar-refractivity contribution in [1.29, 1.82) is 0 Å². The predicted octanol–water partition coefficient (Wildman–Crippen LogP) is 9.31. The van der Waals surface area contributed by atoms with E-state index < -0.39 is 0 Å². The molecule has 0 bridgehead atoms. The van der Waals surface area contributed by atoms with Gasteiger partial charge < -0.3 is 9.64 Å². The third-order valence-corrected chi connectivity index (χ3v) is 8.08. The van der Waals surface area contributed by atoms with Gasteiger partial charge in [-0.15, -0.1) is 0 Å². The Bertz CT molecular complexity index is 2090. The lowest BCUT2D eigenvalue weighted by molar-refractivity contribution is 0.237. The third-order valence-electron chi connectivity index (χ3n) is 8.08. The Kier molecular flexibility index (Phi) is 5.71. The molecule has 0 spiro atoms. The summed E-state index contributed by atoms with van der Waals surface area (Å²) in [6, 6.07) is 48.3. The second-order valence-electron chi connectivity index (χ2n) is 10.7. The highest BCUT2D eigenvalue weighted by Gasteiger charge is 2.30. The fourth-order valence-corrected chi connectivity index (χ4v) is 5.94. The number of ether oxygens (including phenoxy) is 1. The minimum Gasteiger partial charge on any atom is -0.463 e. The monoisotopic (exact) mass is 541 g/mol. The molecule has 1 aliphatic rings. The Labute approximate surface area is 244 Å². The minimum atomic E-state index is -0.134. The molecule has 1 atom stereocenters. The molecule has 6 aromatic carbocycles. The van der Waals surface area contributed by atoms with Gasteiger partial charge in [-0.1, -0.05) is 103 Å². The standard InChI is InChI=1S/C38H27N3O/c1-41-34-22-20-29-23-28(19-21-31(29)37(34)42-38(41)26-13-6-3-7-14-26)27-15-10-16-30(24-27)36-35(25-11-4-2-5-12-25)39-32-17-8-9-18-33(32)40-36/h2-24,38H,1H3. The molecule has 200 valence electrons. The van der Waals surface area contributed by atoms with E-state index >= 15 is 0 Å². The van der Waals surface area contributed by atoms with Crippen LogP contribution in [0.4, 0.5) is 5.69 Å². The number of hydrogen-bond acceptors (Lipinski definition) is 4. The van der Waals surface area contributed by atoms with Gasteiger partial charge in [-0.2, -0.15) is 0 Å². The fraction of sp³-hybridized carbons (Fsp3) is 0.0526. The summed E-state index contributed by atoms with van der Waals surface area (Å²) in [7, 11) is 2.09. The molecule has 4 nitrogen and oxygen atoms in total. The number of para-hydroxylation sites is 2. The topological polar surface area (TPSA) is 38.2 Å². The van der Waals surface area contributed by atoms with Gasteiger partial charge >= 0.3 is 0 Å². The summed E-state index contributed by atoms with van der Waals surface area (Å²) >= 11 is 0. The molecule has 0 fully saturated rings. The number of nitrogens with zero attached hydrogens (tertiary/aromatic N) is 3. The van der Waals surface area contributed by atoms with Crippen molar-refractivity contribution in [3.05, 3.63) is 145 Å². The van der Waals surface area contributed by atoms with E-state index in [4.69, 9.17) is 14.7 Å². The van der Waals surface area contributed by atoms with E-state index in [-0.39, 0.29) is 6.23 Å². The number of benzene rings is 6. The molecular formula is C38H27N3O. The van der Waals surface area contributed by atoms with Gasteiger partial charge in [0.25, 0.3) is 0 Å². The molecule has 1 aromatic heterocycles. The second-order valence-corrected chi connectivity index (χ2v) is 10.7. The number of aromatic nitrogens is 2. The zero-order chi connectivity index (χ0) is 28.0. The zero-order valence-electron chi connectivity index (χ0n) is 23.1. The summed E-state index contributed by atoms with van der Waals surface area (Å²) in [5.41, 5.74) is 10.1. The van der Waals surface area contributed by atoms with Gasteiger partial charge in [-0.05, 0) is 52.9 Å². The van der Waals surface area contributed by atoms with E-state index in [0.29, 0.717) is 0 Å². The highest BCUT2D eigenvalue weighted by Crippen LogP contribution is 2.47. The molecule has 1 unspecified atom stereocenters. The molecule has 42 heavy (non-hydrogen) atoms. The van der Waals surface area contributed by atoms with Crippen LogP contribution in [-0.2, 0) is 0 Å². The Morgan fingerprint density at radius 2 is 1.17 bits per heavy atom. The first kappa shape index (κ1) is 24.3. The average Bonchev–Trinajstić information content (AvgIpc) is 3.41. The van der Waals surface area contributed by atoms with E-state index in [0.717, 1.165) is 72.4 Å². The summed E-state index contributed by atoms with van der Waals surface area (Å²) in [6.07, 6.45) is -0.134. The van der Waals surface area contributed by atoms with Gasteiger partial charge in [0.2, 0.25) is 0 Å². The van der Waals surface area contributed by atoms with Crippen LogP contribution >= 0.6 is 0 Å². The Balaban J connectivity index is 1.20. The van der Waals surface area contributed by atoms with Crippen LogP contribution in [0.2, 0.25) is 0 Å². The molecule has 1 aliphatic heterocycles. The molecule has 0 saturated carbocycles. The molecule has 2 heterocycles. The largest absolute Gasteiger partial charge is 0.463 e. The maximum Gasteiger partial charge on any atom is 0.198 e. The number of fused-ring (bicyclic) bond motifs is 4. The minimum absolute atomic E-state index is 0.134. The molecule has 0 N–H and O–H groups in total. The van der Waals surface area contributed by atoms with Gasteiger partial charge in [-0.25, -0.2) is 9.97 Å². The smallest absolute Gasteiger partial charge is 0.198 e. The second kappa shape index (κ2) is 9.86. The van der Waals surface area contributed by atoms with Crippen molar-refractivity contribution in [1.82, 2.24) is 9.97 Å². The molecular weight excluding hydrogens is 514 g/mol. The van der Waals surface area contributed by atoms with Crippen LogP contribution in [-0.4, -0.2) is 17.0 Å². The summed E-state index contributed by atoms with van der Waals surface area (Å²) in [5, 5.41) is 2.26. The van der Waals surface area contributed by atoms with E-state index in [2.05, 4.69) is 103 Å². The van der Waals surface area contributed by atoms with Crippen LogP contribution in [0.15, 0.2) is 140 Å². The quantitative estimate of drug-likeness (QED) is 0.223. The van der Waals surface area contributed by atoms with E-state index in [1.54, 1.807) is 0 Å². The van der Waals surface area contributed by atoms with Crippen LogP contribution in [0.5, 0.6) is 5.75 Å². The number of hydrogen-bond donors (Lipinski definition) is 0. The first-order valence-electron chi connectivity index (χ1n) is 14.2. The first-order valence-corrected chi connectivity index (χ1v) is 14.2. The van der Waals surface area contributed by atoms with Crippen molar-refractivity contribution in [2.24, 2.45) is 0 Å². The number of anilines is 1. The van der Waals surface area contributed by atoms with Crippen molar-refractivity contribution < 1.29 is 4.74 Å². The van der Waals surface area contributed by atoms with Crippen molar-refractivity contribution in [3.63, 3.8) is 0 Å². The average molecular weight is 542 g/mol. The lowest BCUT2D eigenvalue weighted by Gasteiger charge is -2.20. The van der Waals surface area contributed by atoms with Crippen LogP contribution in [0.25, 0.3) is 55.4 Å². The molecule has 4 heteroatoms. The molecule has 0 radical (unpaired) electrons. The van der Waals surface area contributed by atoms with Crippen molar-refractivity contribution in [2.75, 3.05) is 11.9 Å². The lowest BCUT2D eigenvalue weighted by Crippen LogP contribution is -2.22. The van der Waals surface area contributed by atoms with Crippen molar-refractivity contribution >= 4 is 27.5 Å². The SMILES string of the molecule is CN1c2ccc3cc(-c4cccc(-c5nc6ccccc6nc5-c5ccccc5)c4)ccc3c2OC1c1ccccc1. The van der Waals surface area contributed by atoms with Crippen LogP contribution in [0.1, 0.15) is 11.8 Å². The van der Waals surface area contributed by atoms with Crippen LogP contribution < -0.4 is 9.64 Å². The molecule has 0 saturated heterocycles. The van der Waals surface area contributed by atoms with Crippen LogP contribution in [0.3, 0.4) is 0 Å². The maximum atomic E-state index is 6.54. The zero-order valence-corrected chi connectivity index (χ0v) is 23.1. The van der Waals surface area contributed by atoms with E-state index in [1.165, 1.54) is 0 Å². The van der Waals surface area contributed by atoms with Gasteiger partial charge in [0.05, 0.1) is 28.1 Å². The van der Waals surface area contributed by atoms with Crippen molar-refractivity contribution in [3.8, 4) is 39.4 Å². The van der Waals surface area contributed by atoms with E-state index in [1.807, 2.05) is 48.5 Å². The first-order chi connectivity index (χ1) is 20.7. The van der Waals surface area contributed by atoms with Crippen LogP contribution in [0, 0.1) is 0 Å². The molecule has 7 aromatic rings. The molecule has 8 rings (SSSR count). The van der Waals surface area contributed by atoms with Gasteiger partial charge in [0.1, 0.15) is 0 Å². The Morgan fingerprint density at radius 3 is 1.93 bits per heavy atom. The Hall–Kier alpha value is -5.48. The third kappa shape index (κ3) is 4.08. The highest BCUT2D eigenvalue weighted by atomic mass is 16.5. The fourth-order valence-electron chi connectivity index (χ4n) is 5.94. The molecule has 0 amide bonds. The summed E-state index contributed by atoms with van der Waals surface area (Å²) < 4.78 is 6.54. The van der Waals surface area contributed by atoms with Gasteiger partial charge in [-0.3, -0.25) is 0 Å². The van der Waals surface area contributed by atoms with Gasteiger partial charge in [0, 0.05) is 29.1 Å². The maximum absolute atomic E-state index is 6.54. The van der Waals surface area contributed by atoms with Gasteiger partial charge in [0.15, 0.2) is 12.0 Å². The highest BCUT2D eigenvalue weighted by molar-refractivity contribution is 5.97. The normalized spacial score (nSPS) is 14.2. The molecule has 0 aliphatic carbocycles. The lowest BCUT2D eigenvalue weighted by atomic mass is 9.97.